The molecule has 0 bridgehead atoms. The van der Waals surface area contributed by atoms with Crippen molar-refractivity contribution in [2.75, 3.05) is 17.2 Å². The monoisotopic (exact) mass is 352 g/mol. The highest BCUT2D eigenvalue weighted by Gasteiger charge is 2.15. The molecule has 3 aromatic rings. The highest BCUT2D eigenvalue weighted by molar-refractivity contribution is 5.97. The van der Waals surface area contributed by atoms with Gasteiger partial charge in [-0.2, -0.15) is 0 Å². The zero-order valence-electron chi connectivity index (χ0n) is 13.9. The van der Waals surface area contributed by atoms with Gasteiger partial charge < -0.3 is 19.8 Å². The first-order chi connectivity index (χ1) is 12.5. The van der Waals surface area contributed by atoms with Crippen molar-refractivity contribution in [3.63, 3.8) is 0 Å². The molecule has 132 valence electrons. The molecule has 0 spiro atoms. The van der Waals surface area contributed by atoms with E-state index in [1.165, 1.54) is 6.92 Å². The summed E-state index contributed by atoms with van der Waals surface area (Å²) in [5.74, 6) is -1.40. The average molecular weight is 352 g/mol. The molecule has 0 atom stereocenters. The Morgan fingerprint density at radius 3 is 2.42 bits per heavy atom. The number of ether oxygens (including phenoxy) is 1. The Morgan fingerprint density at radius 1 is 0.962 bits per heavy atom. The molecule has 26 heavy (non-hydrogen) atoms. The van der Waals surface area contributed by atoms with Gasteiger partial charge in [-0.1, -0.05) is 24.3 Å². The van der Waals surface area contributed by atoms with Crippen molar-refractivity contribution >= 4 is 40.1 Å². The Kier molecular flexibility index (Phi) is 4.98. The average Bonchev–Trinajstić information content (AvgIpc) is 3.03. The zero-order valence-corrected chi connectivity index (χ0v) is 13.9. The Balaban J connectivity index is 1.56. The Morgan fingerprint density at radius 2 is 1.69 bits per heavy atom. The van der Waals surface area contributed by atoms with E-state index in [1.54, 1.807) is 42.5 Å². The lowest BCUT2D eigenvalue weighted by Gasteiger charge is -2.08. The number of rotatable bonds is 5. The van der Waals surface area contributed by atoms with Crippen LogP contribution < -0.4 is 10.6 Å². The molecular weight excluding hydrogens is 336 g/mol. The van der Waals surface area contributed by atoms with Gasteiger partial charge in [0, 0.05) is 23.7 Å². The second-order valence-electron chi connectivity index (χ2n) is 5.53. The van der Waals surface area contributed by atoms with Crippen LogP contribution in [0.25, 0.3) is 11.0 Å². The van der Waals surface area contributed by atoms with E-state index in [9.17, 15) is 14.4 Å². The molecule has 2 amide bonds. The van der Waals surface area contributed by atoms with E-state index in [4.69, 9.17) is 9.15 Å². The van der Waals surface area contributed by atoms with Crippen LogP contribution in [-0.4, -0.2) is 24.4 Å². The third-order valence-electron chi connectivity index (χ3n) is 3.43. The first kappa shape index (κ1) is 17.2. The summed E-state index contributed by atoms with van der Waals surface area (Å²) >= 11 is 0. The van der Waals surface area contributed by atoms with Crippen LogP contribution in [0.15, 0.2) is 59.0 Å². The van der Waals surface area contributed by atoms with Gasteiger partial charge in [0.15, 0.2) is 6.61 Å². The predicted octanol–water partition coefficient (Wildman–Crippen LogP) is 3.19. The van der Waals surface area contributed by atoms with Gasteiger partial charge in [0.05, 0.1) is 0 Å². The van der Waals surface area contributed by atoms with Crippen LogP contribution in [0, 0.1) is 0 Å². The topological polar surface area (TPSA) is 97.6 Å². The summed E-state index contributed by atoms with van der Waals surface area (Å²) in [4.78, 5) is 35.0. The van der Waals surface area contributed by atoms with Crippen molar-refractivity contribution in [1.29, 1.82) is 0 Å². The summed E-state index contributed by atoms with van der Waals surface area (Å²) in [6, 6.07) is 15.4. The minimum atomic E-state index is -0.719. The molecule has 0 saturated heterocycles. The molecule has 3 rings (SSSR count). The SMILES string of the molecule is CC(=O)Nc1cccc(NC(=O)COC(=O)c2cc3ccccc3o2)c1. The van der Waals surface area contributed by atoms with Gasteiger partial charge in [0.2, 0.25) is 11.7 Å². The summed E-state index contributed by atoms with van der Waals surface area (Å²) in [5.41, 5.74) is 1.59. The van der Waals surface area contributed by atoms with Crippen LogP contribution in [0.1, 0.15) is 17.5 Å². The lowest BCUT2D eigenvalue weighted by Crippen LogP contribution is -2.20. The van der Waals surface area contributed by atoms with E-state index < -0.39 is 18.5 Å². The van der Waals surface area contributed by atoms with Gasteiger partial charge >= 0.3 is 5.97 Å². The van der Waals surface area contributed by atoms with Gasteiger partial charge in [-0.15, -0.1) is 0 Å². The van der Waals surface area contributed by atoms with Crippen molar-refractivity contribution in [3.05, 3.63) is 60.4 Å². The van der Waals surface area contributed by atoms with Crippen LogP contribution in [0.4, 0.5) is 11.4 Å². The molecule has 0 aliphatic carbocycles. The number of benzene rings is 2. The molecule has 0 unspecified atom stereocenters. The third-order valence-corrected chi connectivity index (χ3v) is 3.43. The first-order valence-corrected chi connectivity index (χ1v) is 7.84. The molecule has 0 fully saturated rings. The normalized spacial score (nSPS) is 10.3. The van der Waals surface area contributed by atoms with Gasteiger partial charge in [-0.05, 0) is 30.3 Å². The quantitative estimate of drug-likeness (QED) is 0.687. The largest absolute Gasteiger partial charge is 0.450 e. The number of fused-ring (bicyclic) bond motifs is 1. The van der Waals surface area contributed by atoms with Gasteiger partial charge in [-0.25, -0.2) is 4.79 Å². The number of esters is 1. The van der Waals surface area contributed by atoms with Crippen molar-refractivity contribution in [1.82, 2.24) is 0 Å². The van der Waals surface area contributed by atoms with Gasteiger partial charge in [0.25, 0.3) is 5.91 Å². The predicted molar refractivity (Wildman–Crippen MR) is 95.9 cm³/mol. The van der Waals surface area contributed by atoms with Gasteiger partial charge in [-0.3, -0.25) is 9.59 Å². The summed E-state index contributed by atoms with van der Waals surface area (Å²) in [6.07, 6.45) is 0. The molecule has 0 aliphatic heterocycles. The molecule has 0 aliphatic rings. The highest BCUT2D eigenvalue weighted by atomic mass is 16.5. The standard InChI is InChI=1S/C19H16N2O5/c1-12(22)20-14-6-4-7-15(10-14)21-18(23)11-25-19(24)17-9-13-5-2-3-8-16(13)26-17/h2-10H,11H2,1H3,(H,20,22)(H,21,23). The Labute approximate surface area is 148 Å². The van der Waals surface area contributed by atoms with Crippen LogP contribution in [0.5, 0.6) is 0 Å². The van der Waals surface area contributed by atoms with Crippen LogP contribution in [0.2, 0.25) is 0 Å². The fourth-order valence-corrected chi connectivity index (χ4v) is 2.36. The zero-order chi connectivity index (χ0) is 18.5. The maximum atomic E-state index is 12.0. The molecule has 2 aromatic carbocycles. The van der Waals surface area contributed by atoms with E-state index in [0.29, 0.717) is 17.0 Å². The number of hydrogen-bond donors (Lipinski definition) is 2. The molecule has 2 N–H and O–H groups in total. The van der Waals surface area contributed by atoms with E-state index in [1.807, 2.05) is 12.1 Å². The number of carbonyl (C=O) groups excluding carboxylic acids is 3. The molecule has 7 heteroatoms. The Bertz CT molecular complexity index is 944. The number of para-hydroxylation sites is 1. The molecule has 1 heterocycles. The van der Waals surface area contributed by atoms with Gasteiger partial charge in [0.1, 0.15) is 5.58 Å². The second kappa shape index (κ2) is 7.52. The molecule has 0 saturated carbocycles. The van der Waals surface area contributed by atoms with Crippen molar-refractivity contribution < 1.29 is 23.5 Å². The first-order valence-electron chi connectivity index (χ1n) is 7.84. The Hall–Kier alpha value is -3.61. The number of hydrogen-bond acceptors (Lipinski definition) is 5. The van der Waals surface area contributed by atoms with Crippen LogP contribution in [-0.2, 0) is 14.3 Å². The molecule has 7 nitrogen and oxygen atoms in total. The maximum absolute atomic E-state index is 12.0. The molecular formula is C19H16N2O5. The van der Waals surface area contributed by atoms with E-state index in [-0.39, 0.29) is 11.7 Å². The second-order valence-corrected chi connectivity index (χ2v) is 5.53. The summed E-state index contributed by atoms with van der Waals surface area (Å²) in [7, 11) is 0. The fourth-order valence-electron chi connectivity index (χ4n) is 2.36. The van der Waals surface area contributed by atoms with Crippen LogP contribution in [0.3, 0.4) is 0 Å². The number of amides is 2. The van der Waals surface area contributed by atoms with Crippen molar-refractivity contribution in [3.8, 4) is 0 Å². The van der Waals surface area contributed by atoms with E-state index >= 15 is 0 Å². The third kappa shape index (κ3) is 4.27. The smallest absolute Gasteiger partial charge is 0.374 e. The summed E-state index contributed by atoms with van der Waals surface area (Å²) in [6.45, 7) is 0.934. The maximum Gasteiger partial charge on any atom is 0.374 e. The molecule has 0 radical (unpaired) electrons. The van der Waals surface area contributed by atoms with Crippen molar-refractivity contribution in [2.45, 2.75) is 6.92 Å². The molecule has 1 aromatic heterocycles. The number of nitrogens with one attached hydrogen (secondary N) is 2. The number of furan rings is 1. The number of anilines is 2. The minimum absolute atomic E-state index is 0.0339. The van der Waals surface area contributed by atoms with Crippen molar-refractivity contribution in [2.24, 2.45) is 0 Å². The fraction of sp³-hybridized carbons (Fsp3) is 0.105. The van der Waals surface area contributed by atoms with E-state index in [0.717, 1.165) is 5.39 Å². The lowest BCUT2D eigenvalue weighted by atomic mass is 10.2. The lowest BCUT2D eigenvalue weighted by molar-refractivity contribution is -0.119. The summed E-state index contributed by atoms with van der Waals surface area (Å²) < 4.78 is 10.4. The summed E-state index contributed by atoms with van der Waals surface area (Å²) in [5, 5.41) is 5.98. The minimum Gasteiger partial charge on any atom is -0.450 e. The number of carbonyl (C=O) groups is 3. The van der Waals surface area contributed by atoms with E-state index in [2.05, 4.69) is 10.6 Å². The highest BCUT2D eigenvalue weighted by Crippen LogP contribution is 2.19. The van der Waals surface area contributed by atoms with Crippen LogP contribution >= 0.6 is 0 Å².